The molecule has 0 unspecified atom stereocenters. The van der Waals surface area contributed by atoms with Gasteiger partial charge in [0.15, 0.2) is 0 Å². The third-order valence-corrected chi connectivity index (χ3v) is 1.38. The summed E-state index contributed by atoms with van der Waals surface area (Å²) in [4.78, 5) is 10.4. The summed E-state index contributed by atoms with van der Waals surface area (Å²) in [7, 11) is 0. The zero-order valence-electron chi connectivity index (χ0n) is 6.53. The number of anilines is 1. The Labute approximate surface area is 70.7 Å². The van der Waals surface area contributed by atoms with E-state index in [1.807, 2.05) is 12.1 Å². The Hall–Kier alpha value is -1.77. The predicted molar refractivity (Wildman–Crippen MR) is 49.1 cm³/mol. The molecule has 0 bridgehead atoms. The number of hydrogen-bond acceptors (Lipinski definition) is 2. The van der Waals surface area contributed by atoms with Gasteiger partial charge in [0.1, 0.15) is 0 Å². The van der Waals surface area contributed by atoms with E-state index in [9.17, 15) is 4.79 Å². The van der Waals surface area contributed by atoms with Gasteiger partial charge in [0.05, 0.1) is 0 Å². The predicted octanol–water partition coefficient (Wildman–Crippen LogP) is 0.767. The molecule has 3 nitrogen and oxygen atoms in total. The number of nitrogens with two attached hydrogens (primary N) is 2. The summed E-state index contributed by atoms with van der Waals surface area (Å²) in [5.74, 6) is -0.452. The summed E-state index contributed by atoms with van der Waals surface area (Å²) in [6.07, 6.45) is 2.95. The van der Waals surface area contributed by atoms with Crippen molar-refractivity contribution in [3.8, 4) is 0 Å². The zero-order chi connectivity index (χ0) is 8.97. The Morgan fingerprint density at radius 2 is 1.83 bits per heavy atom. The lowest BCUT2D eigenvalue weighted by Gasteiger charge is -1.93. The van der Waals surface area contributed by atoms with Crippen LogP contribution in [0.5, 0.6) is 0 Å². The van der Waals surface area contributed by atoms with Crippen molar-refractivity contribution in [2.45, 2.75) is 0 Å². The maximum atomic E-state index is 10.4. The van der Waals surface area contributed by atoms with Gasteiger partial charge in [0, 0.05) is 11.8 Å². The highest BCUT2D eigenvalue weighted by atomic mass is 16.1. The smallest absolute Gasteiger partial charge is 0.241 e. The lowest BCUT2D eigenvalue weighted by Crippen LogP contribution is -2.05. The second-order valence-corrected chi connectivity index (χ2v) is 2.40. The van der Waals surface area contributed by atoms with Crippen molar-refractivity contribution in [1.29, 1.82) is 0 Å². The van der Waals surface area contributed by atoms with Crippen molar-refractivity contribution in [3.63, 3.8) is 0 Å². The summed E-state index contributed by atoms with van der Waals surface area (Å²) in [6, 6.07) is 7.16. The molecule has 12 heavy (non-hydrogen) atoms. The van der Waals surface area contributed by atoms with E-state index in [-0.39, 0.29) is 0 Å². The highest BCUT2D eigenvalue weighted by molar-refractivity contribution is 5.90. The van der Waals surface area contributed by atoms with Gasteiger partial charge >= 0.3 is 0 Å². The largest absolute Gasteiger partial charge is 0.399 e. The third kappa shape index (κ3) is 2.46. The van der Waals surface area contributed by atoms with Crippen LogP contribution in [-0.2, 0) is 4.79 Å². The van der Waals surface area contributed by atoms with Crippen molar-refractivity contribution in [2.24, 2.45) is 5.73 Å². The van der Waals surface area contributed by atoms with Crippen molar-refractivity contribution in [2.75, 3.05) is 5.73 Å². The molecule has 1 aromatic carbocycles. The molecule has 1 amide bonds. The van der Waals surface area contributed by atoms with E-state index < -0.39 is 5.91 Å². The molecule has 0 atom stereocenters. The number of amides is 1. The first-order valence-electron chi connectivity index (χ1n) is 3.51. The molecule has 0 saturated carbocycles. The van der Waals surface area contributed by atoms with Gasteiger partial charge in [-0.05, 0) is 23.8 Å². The van der Waals surface area contributed by atoms with Gasteiger partial charge in [-0.3, -0.25) is 4.79 Å². The highest BCUT2D eigenvalue weighted by Crippen LogP contribution is 2.06. The maximum absolute atomic E-state index is 10.4. The van der Waals surface area contributed by atoms with E-state index in [0.717, 1.165) is 5.56 Å². The van der Waals surface area contributed by atoms with Crippen molar-refractivity contribution < 1.29 is 4.79 Å². The van der Waals surface area contributed by atoms with Crippen LogP contribution in [-0.4, -0.2) is 5.91 Å². The van der Waals surface area contributed by atoms with E-state index in [2.05, 4.69) is 0 Å². The molecule has 0 aliphatic carbocycles. The van der Waals surface area contributed by atoms with Gasteiger partial charge in [0.25, 0.3) is 0 Å². The first-order chi connectivity index (χ1) is 5.68. The van der Waals surface area contributed by atoms with Crippen molar-refractivity contribution in [3.05, 3.63) is 35.9 Å². The Balaban J connectivity index is 2.77. The topological polar surface area (TPSA) is 69.1 Å². The van der Waals surface area contributed by atoms with E-state index >= 15 is 0 Å². The number of carbonyl (C=O) groups is 1. The molecule has 1 aromatic rings. The van der Waals surface area contributed by atoms with E-state index in [1.54, 1.807) is 18.2 Å². The number of nitrogen functional groups attached to an aromatic ring is 1. The fourth-order valence-corrected chi connectivity index (χ4v) is 0.785. The van der Waals surface area contributed by atoms with Gasteiger partial charge in [-0.2, -0.15) is 0 Å². The molecule has 0 spiro atoms. The van der Waals surface area contributed by atoms with Crippen molar-refractivity contribution in [1.82, 2.24) is 0 Å². The Kier molecular flexibility index (Phi) is 2.48. The van der Waals surface area contributed by atoms with Crippen LogP contribution < -0.4 is 11.5 Å². The highest BCUT2D eigenvalue weighted by Gasteiger charge is 1.87. The number of benzene rings is 1. The van der Waals surface area contributed by atoms with E-state index in [1.165, 1.54) is 6.08 Å². The minimum absolute atomic E-state index is 0.452. The molecule has 0 saturated heterocycles. The standard InChI is InChI=1S/C9H10N2O/c10-8-4-1-7(2-5-8)3-6-9(11)12/h1-6H,10H2,(H2,11,12). The minimum atomic E-state index is -0.452. The molecule has 0 fully saturated rings. The molecule has 0 radical (unpaired) electrons. The van der Waals surface area contributed by atoms with Gasteiger partial charge < -0.3 is 11.5 Å². The third-order valence-electron chi connectivity index (χ3n) is 1.38. The quantitative estimate of drug-likeness (QED) is 0.498. The molecule has 0 heterocycles. The van der Waals surface area contributed by atoms with Crippen LogP contribution in [0.15, 0.2) is 30.3 Å². The molecule has 3 heteroatoms. The number of rotatable bonds is 2. The van der Waals surface area contributed by atoms with Crippen molar-refractivity contribution >= 4 is 17.7 Å². The van der Waals surface area contributed by atoms with Crippen LogP contribution in [0, 0.1) is 0 Å². The fraction of sp³-hybridized carbons (Fsp3) is 0. The van der Waals surface area contributed by atoms with Crippen LogP contribution >= 0.6 is 0 Å². The van der Waals surface area contributed by atoms with Gasteiger partial charge in [-0.25, -0.2) is 0 Å². The maximum Gasteiger partial charge on any atom is 0.241 e. The van der Waals surface area contributed by atoms with Crippen LogP contribution in [0.3, 0.4) is 0 Å². The van der Waals surface area contributed by atoms with E-state index in [0.29, 0.717) is 5.69 Å². The normalized spacial score (nSPS) is 10.3. The minimum Gasteiger partial charge on any atom is -0.399 e. The Morgan fingerprint density at radius 1 is 1.25 bits per heavy atom. The molecule has 4 N–H and O–H groups in total. The Morgan fingerprint density at radius 3 is 2.33 bits per heavy atom. The number of hydrogen-bond donors (Lipinski definition) is 2. The van der Waals surface area contributed by atoms with Gasteiger partial charge in [-0.1, -0.05) is 12.1 Å². The molecule has 1 rings (SSSR count). The second kappa shape index (κ2) is 3.57. The SMILES string of the molecule is NC(=O)C=Cc1ccc(N)cc1. The molecule has 0 aliphatic rings. The van der Waals surface area contributed by atoms with E-state index in [4.69, 9.17) is 11.5 Å². The lowest BCUT2D eigenvalue weighted by molar-refractivity contribution is -0.113. The first kappa shape index (κ1) is 8.33. The number of carbonyl (C=O) groups excluding carboxylic acids is 1. The number of primary amides is 1. The molecular formula is C9H10N2O. The summed E-state index contributed by atoms with van der Waals surface area (Å²) < 4.78 is 0. The summed E-state index contributed by atoms with van der Waals surface area (Å²) in [5.41, 5.74) is 12.0. The molecular weight excluding hydrogens is 152 g/mol. The molecule has 62 valence electrons. The first-order valence-corrected chi connectivity index (χ1v) is 3.51. The summed E-state index contributed by atoms with van der Waals surface area (Å²) >= 11 is 0. The van der Waals surface area contributed by atoms with Crippen LogP contribution in [0.2, 0.25) is 0 Å². The Bertz CT molecular complexity index is 301. The van der Waals surface area contributed by atoms with Crippen LogP contribution in [0.1, 0.15) is 5.56 Å². The molecule has 0 aliphatic heterocycles. The second-order valence-electron chi connectivity index (χ2n) is 2.40. The molecule has 0 aromatic heterocycles. The summed E-state index contributed by atoms with van der Waals surface area (Å²) in [6.45, 7) is 0. The van der Waals surface area contributed by atoms with Crippen LogP contribution in [0.25, 0.3) is 6.08 Å². The fourth-order valence-electron chi connectivity index (χ4n) is 0.785. The van der Waals surface area contributed by atoms with Crippen LogP contribution in [0.4, 0.5) is 5.69 Å². The zero-order valence-corrected chi connectivity index (χ0v) is 6.53. The van der Waals surface area contributed by atoms with Gasteiger partial charge in [-0.15, -0.1) is 0 Å². The average Bonchev–Trinajstić information content (AvgIpc) is 2.03. The van der Waals surface area contributed by atoms with Gasteiger partial charge in [0.2, 0.25) is 5.91 Å². The lowest BCUT2D eigenvalue weighted by atomic mass is 10.2. The summed E-state index contributed by atoms with van der Waals surface area (Å²) in [5, 5.41) is 0. The average molecular weight is 162 g/mol. The monoisotopic (exact) mass is 162 g/mol.